The Kier molecular flexibility index (Phi) is 5.42. The van der Waals surface area contributed by atoms with E-state index in [4.69, 9.17) is 9.47 Å². The first-order valence-corrected chi connectivity index (χ1v) is 10.7. The molecule has 9 heteroatoms. The van der Waals surface area contributed by atoms with Gasteiger partial charge in [-0.3, -0.25) is 0 Å². The Bertz CT molecular complexity index is 1220. The van der Waals surface area contributed by atoms with Crippen molar-refractivity contribution in [2.24, 2.45) is 0 Å². The Morgan fingerprint density at radius 2 is 1.87 bits per heavy atom. The SMILES string of the molecule is COc1ccccc1-c1cc(C(=O)O)c2cc(S(=O)(=O)N3CCOCC3)ccc2n1. The van der Waals surface area contributed by atoms with Crippen LogP contribution in [-0.2, 0) is 14.8 Å². The third kappa shape index (κ3) is 3.62. The molecular formula is C21H20N2O6S. The Balaban J connectivity index is 1.87. The lowest BCUT2D eigenvalue weighted by molar-refractivity contribution is 0.0699. The number of carboxylic acid groups (broad SMARTS) is 1. The van der Waals surface area contributed by atoms with E-state index in [1.54, 1.807) is 12.1 Å². The molecule has 1 saturated heterocycles. The third-order valence-electron chi connectivity index (χ3n) is 5.00. The molecule has 2 heterocycles. The van der Waals surface area contributed by atoms with E-state index in [0.29, 0.717) is 35.7 Å². The minimum atomic E-state index is -3.76. The van der Waals surface area contributed by atoms with Gasteiger partial charge in [-0.25, -0.2) is 18.2 Å². The standard InChI is InChI=1S/C21H20N2O6S/c1-28-20-5-3-2-4-15(20)19-13-17(21(24)25)16-12-14(6-7-18(16)22-19)30(26,27)23-8-10-29-11-9-23/h2-7,12-13H,8-11H2,1H3,(H,24,25). The molecule has 0 amide bonds. The predicted molar refractivity (Wildman–Crippen MR) is 110 cm³/mol. The number of nitrogens with zero attached hydrogens (tertiary/aromatic N) is 2. The van der Waals surface area contributed by atoms with Gasteiger partial charge in [-0.1, -0.05) is 12.1 Å². The number of hydrogen-bond acceptors (Lipinski definition) is 6. The quantitative estimate of drug-likeness (QED) is 0.666. The Morgan fingerprint density at radius 1 is 1.13 bits per heavy atom. The summed E-state index contributed by atoms with van der Waals surface area (Å²) >= 11 is 0. The van der Waals surface area contributed by atoms with Crippen molar-refractivity contribution in [3.63, 3.8) is 0 Å². The Labute approximate surface area is 173 Å². The van der Waals surface area contributed by atoms with Crippen molar-refractivity contribution < 1.29 is 27.8 Å². The minimum Gasteiger partial charge on any atom is -0.496 e. The van der Waals surface area contributed by atoms with E-state index in [1.165, 1.54) is 35.7 Å². The molecule has 0 bridgehead atoms. The Morgan fingerprint density at radius 3 is 2.57 bits per heavy atom. The number of carboxylic acids is 1. The van der Waals surface area contributed by atoms with Crippen LogP contribution in [0.15, 0.2) is 53.4 Å². The lowest BCUT2D eigenvalue weighted by atomic mass is 10.0. The molecule has 1 N–H and O–H groups in total. The average molecular weight is 428 g/mol. The fraction of sp³-hybridized carbons (Fsp3) is 0.238. The molecule has 30 heavy (non-hydrogen) atoms. The summed E-state index contributed by atoms with van der Waals surface area (Å²) in [6.45, 7) is 1.18. The van der Waals surface area contributed by atoms with Crippen LogP contribution >= 0.6 is 0 Å². The summed E-state index contributed by atoms with van der Waals surface area (Å²) in [5.41, 5.74) is 1.44. The molecule has 1 aromatic heterocycles. The van der Waals surface area contributed by atoms with Crippen LogP contribution in [0.2, 0.25) is 0 Å². The van der Waals surface area contributed by atoms with Gasteiger partial charge in [0.1, 0.15) is 5.75 Å². The van der Waals surface area contributed by atoms with Gasteiger partial charge in [0.25, 0.3) is 0 Å². The van der Waals surface area contributed by atoms with E-state index in [-0.39, 0.29) is 28.9 Å². The minimum absolute atomic E-state index is 0.0278. The van der Waals surface area contributed by atoms with Crippen molar-refractivity contribution >= 4 is 26.9 Å². The molecule has 0 atom stereocenters. The van der Waals surface area contributed by atoms with Crippen LogP contribution in [0.25, 0.3) is 22.2 Å². The average Bonchev–Trinajstić information content (AvgIpc) is 2.78. The van der Waals surface area contributed by atoms with Gasteiger partial charge in [0.05, 0.1) is 42.0 Å². The van der Waals surface area contributed by atoms with Crippen molar-refractivity contribution in [1.82, 2.24) is 9.29 Å². The zero-order valence-corrected chi connectivity index (χ0v) is 17.1. The number of sulfonamides is 1. The zero-order chi connectivity index (χ0) is 21.3. The molecule has 0 unspecified atom stereocenters. The van der Waals surface area contributed by atoms with Crippen LogP contribution in [0.5, 0.6) is 5.75 Å². The monoisotopic (exact) mass is 428 g/mol. The predicted octanol–water partition coefficient (Wildman–Crippen LogP) is 2.63. The first kappa shape index (κ1) is 20.3. The van der Waals surface area contributed by atoms with E-state index in [9.17, 15) is 18.3 Å². The van der Waals surface area contributed by atoms with Gasteiger partial charge in [-0.2, -0.15) is 4.31 Å². The second-order valence-corrected chi connectivity index (χ2v) is 8.69. The highest BCUT2D eigenvalue weighted by Gasteiger charge is 2.27. The first-order valence-electron chi connectivity index (χ1n) is 9.31. The highest BCUT2D eigenvalue weighted by atomic mass is 32.2. The summed E-state index contributed by atoms with van der Waals surface area (Å²) in [5, 5.41) is 10.0. The van der Waals surface area contributed by atoms with E-state index in [1.807, 2.05) is 12.1 Å². The number of aromatic carboxylic acids is 1. The molecule has 3 aromatic rings. The second-order valence-electron chi connectivity index (χ2n) is 6.76. The normalized spacial score (nSPS) is 15.2. The summed E-state index contributed by atoms with van der Waals surface area (Å²) < 4.78 is 37.9. The third-order valence-corrected chi connectivity index (χ3v) is 6.90. The van der Waals surface area contributed by atoms with Gasteiger partial charge in [0.15, 0.2) is 0 Å². The highest BCUT2D eigenvalue weighted by molar-refractivity contribution is 7.89. The number of para-hydroxylation sites is 1. The summed E-state index contributed by atoms with van der Waals surface area (Å²) in [6.07, 6.45) is 0. The van der Waals surface area contributed by atoms with Gasteiger partial charge >= 0.3 is 5.97 Å². The molecule has 1 aliphatic rings. The number of rotatable bonds is 5. The number of methoxy groups -OCH3 is 1. The van der Waals surface area contributed by atoms with Gasteiger partial charge in [0.2, 0.25) is 10.0 Å². The van der Waals surface area contributed by atoms with E-state index < -0.39 is 16.0 Å². The van der Waals surface area contributed by atoms with Crippen molar-refractivity contribution in [2.45, 2.75) is 4.90 Å². The molecule has 0 spiro atoms. The topological polar surface area (TPSA) is 106 Å². The number of pyridine rings is 1. The van der Waals surface area contributed by atoms with Crippen LogP contribution < -0.4 is 4.74 Å². The van der Waals surface area contributed by atoms with Crippen molar-refractivity contribution in [2.75, 3.05) is 33.4 Å². The van der Waals surface area contributed by atoms with Gasteiger partial charge in [-0.05, 0) is 36.4 Å². The van der Waals surface area contributed by atoms with Crippen LogP contribution in [0.4, 0.5) is 0 Å². The molecule has 0 aliphatic carbocycles. The molecule has 8 nitrogen and oxygen atoms in total. The summed E-state index contributed by atoms with van der Waals surface area (Å²) in [4.78, 5) is 16.6. The van der Waals surface area contributed by atoms with E-state index in [2.05, 4.69) is 4.98 Å². The van der Waals surface area contributed by atoms with Crippen molar-refractivity contribution in [3.8, 4) is 17.0 Å². The van der Waals surface area contributed by atoms with Crippen LogP contribution in [0, 0.1) is 0 Å². The van der Waals surface area contributed by atoms with Gasteiger partial charge in [-0.15, -0.1) is 0 Å². The lowest BCUT2D eigenvalue weighted by Gasteiger charge is -2.26. The Hall–Kier alpha value is -3.01. The van der Waals surface area contributed by atoms with Gasteiger partial charge in [0, 0.05) is 24.0 Å². The van der Waals surface area contributed by atoms with Crippen LogP contribution in [0.1, 0.15) is 10.4 Å². The number of fused-ring (bicyclic) bond motifs is 1. The maximum absolute atomic E-state index is 13.0. The highest BCUT2D eigenvalue weighted by Crippen LogP contribution is 2.32. The van der Waals surface area contributed by atoms with Crippen molar-refractivity contribution in [1.29, 1.82) is 0 Å². The fourth-order valence-electron chi connectivity index (χ4n) is 3.47. The molecule has 4 rings (SSSR count). The number of ether oxygens (including phenoxy) is 2. The number of hydrogen-bond donors (Lipinski definition) is 1. The van der Waals surface area contributed by atoms with Crippen molar-refractivity contribution in [3.05, 3.63) is 54.1 Å². The number of benzene rings is 2. The molecule has 0 radical (unpaired) electrons. The van der Waals surface area contributed by atoms with Gasteiger partial charge < -0.3 is 14.6 Å². The molecule has 156 valence electrons. The number of morpholine rings is 1. The maximum Gasteiger partial charge on any atom is 0.336 e. The largest absolute Gasteiger partial charge is 0.496 e. The fourth-order valence-corrected chi connectivity index (χ4v) is 4.91. The molecule has 0 saturated carbocycles. The molecule has 1 aliphatic heterocycles. The summed E-state index contributed by atoms with van der Waals surface area (Å²) in [5.74, 6) is -0.605. The molecule has 2 aromatic carbocycles. The summed E-state index contributed by atoms with van der Waals surface area (Å²) in [6, 6.07) is 13.0. The summed E-state index contributed by atoms with van der Waals surface area (Å²) in [7, 11) is -2.23. The van der Waals surface area contributed by atoms with E-state index >= 15 is 0 Å². The maximum atomic E-state index is 13.0. The van der Waals surface area contributed by atoms with Crippen LogP contribution in [0.3, 0.4) is 0 Å². The zero-order valence-electron chi connectivity index (χ0n) is 16.2. The number of aromatic nitrogens is 1. The lowest BCUT2D eigenvalue weighted by Crippen LogP contribution is -2.40. The molecule has 1 fully saturated rings. The van der Waals surface area contributed by atoms with Crippen LogP contribution in [-0.4, -0.2) is 62.2 Å². The second kappa shape index (κ2) is 8.02. The smallest absolute Gasteiger partial charge is 0.336 e. The number of carbonyl (C=O) groups is 1. The molecular weight excluding hydrogens is 408 g/mol. The first-order chi connectivity index (χ1) is 14.4. The van der Waals surface area contributed by atoms with E-state index in [0.717, 1.165) is 0 Å².